The number of aromatic nitrogens is 3. The Bertz CT molecular complexity index is 1130. The summed E-state index contributed by atoms with van der Waals surface area (Å²) in [7, 11) is 1.77. The summed E-state index contributed by atoms with van der Waals surface area (Å²) in [5.41, 5.74) is 5.36. The van der Waals surface area contributed by atoms with E-state index in [2.05, 4.69) is 63.1 Å². The molecule has 0 bridgehead atoms. The van der Waals surface area contributed by atoms with E-state index in [0.29, 0.717) is 13.1 Å². The Labute approximate surface area is 169 Å². The van der Waals surface area contributed by atoms with Crippen LogP contribution < -0.4 is 10.6 Å². The predicted molar refractivity (Wildman–Crippen MR) is 117 cm³/mol. The maximum atomic E-state index is 11.4. The Morgan fingerprint density at radius 2 is 1.86 bits per heavy atom. The number of likely N-dealkylation sites (N-methyl/N-ethyl adjacent to an activating group) is 1. The SMILES string of the molecule is CNCC(=O)NCCCCc1nc2ccc(-c3ccc4ncccc4c3)cc2[nH]1. The number of nitrogens with one attached hydrogen (secondary N) is 3. The minimum Gasteiger partial charge on any atom is -0.355 e. The molecule has 6 nitrogen and oxygen atoms in total. The average molecular weight is 387 g/mol. The van der Waals surface area contributed by atoms with Crippen LogP contribution >= 0.6 is 0 Å². The topological polar surface area (TPSA) is 82.7 Å². The number of aryl methyl sites for hydroxylation is 1. The first-order chi connectivity index (χ1) is 14.2. The normalized spacial score (nSPS) is 11.2. The largest absolute Gasteiger partial charge is 0.355 e. The summed E-state index contributed by atoms with van der Waals surface area (Å²) in [5.74, 6) is 1.02. The van der Waals surface area contributed by atoms with Crippen molar-refractivity contribution in [3.05, 3.63) is 60.6 Å². The van der Waals surface area contributed by atoms with Crippen molar-refractivity contribution in [2.24, 2.45) is 0 Å². The van der Waals surface area contributed by atoms with Gasteiger partial charge >= 0.3 is 0 Å². The molecule has 2 aromatic heterocycles. The fourth-order valence-corrected chi connectivity index (χ4v) is 3.48. The number of benzene rings is 2. The molecule has 0 aliphatic carbocycles. The number of unbranched alkanes of at least 4 members (excludes halogenated alkanes) is 1. The molecule has 0 fully saturated rings. The number of amides is 1. The second kappa shape index (κ2) is 8.84. The Hall–Kier alpha value is -3.25. The number of imidazole rings is 1. The van der Waals surface area contributed by atoms with Crippen LogP contribution in [0, 0.1) is 0 Å². The van der Waals surface area contributed by atoms with E-state index in [1.54, 1.807) is 7.05 Å². The highest BCUT2D eigenvalue weighted by Gasteiger charge is 2.06. The van der Waals surface area contributed by atoms with Gasteiger partial charge in [-0.2, -0.15) is 0 Å². The minimum atomic E-state index is 0.0354. The van der Waals surface area contributed by atoms with Gasteiger partial charge in [-0.1, -0.05) is 18.2 Å². The number of carbonyl (C=O) groups is 1. The van der Waals surface area contributed by atoms with Crippen LogP contribution in [0.2, 0.25) is 0 Å². The third kappa shape index (κ3) is 4.60. The van der Waals surface area contributed by atoms with Gasteiger partial charge in [0.05, 0.1) is 23.1 Å². The molecule has 0 aliphatic heterocycles. The molecule has 0 spiro atoms. The third-order valence-corrected chi connectivity index (χ3v) is 4.97. The molecule has 2 heterocycles. The van der Waals surface area contributed by atoms with Crippen LogP contribution in [0.25, 0.3) is 33.1 Å². The van der Waals surface area contributed by atoms with Crippen molar-refractivity contribution < 1.29 is 4.79 Å². The first kappa shape index (κ1) is 19.1. The Morgan fingerprint density at radius 3 is 2.72 bits per heavy atom. The van der Waals surface area contributed by atoms with Crippen LogP contribution in [0.3, 0.4) is 0 Å². The van der Waals surface area contributed by atoms with E-state index in [1.165, 1.54) is 5.56 Å². The van der Waals surface area contributed by atoms with Crippen molar-refractivity contribution in [3.8, 4) is 11.1 Å². The highest BCUT2D eigenvalue weighted by atomic mass is 16.1. The number of rotatable bonds is 8. The van der Waals surface area contributed by atoms with Gasteiger partial charge in [0, 0.05) is 24.5 Å². The lowest BCUT2D eigenvalue weighted by atomic mass is 10.0. The summed E-state index contributed by atoms with van der Waals surface area (Å²) in [5, 5.41) is 6.88. The van der Waals surface area contributed by atoms with Gasteiger partial charge in [0.2, 0.25) is 5.91 Å². The van der Waals surface area contributed by atoms with E-state index in [0.717, 1.165) is 52.6 Å². The predicted octanol–water partition coefficient (Wildman–Crippen LogP) is 3.44. The molecule has 4 aromatic rings. The van der Waals surface area contributed by atoms with Crippen molar-refractivity contribution in [2.75, 3.05) is 20.1 Å². The molecule has 29 heavy (non-hydrogen) atoms. The molecule has 0 saturated carbocycles. The summed E-state index contributed by atoms with van der Waals surface area (Å²) >= 11 is 0. The zero-order valence-electron chi connectivity index (χ0n) is 16.5. The molecule has 148 valence electrons. The average Bonchev–Trinajstić information content (AvgIpc) is 3.15. The smallest absolute Gasteiger partial charge is 0.233 e. The van der Waals surface area contributed by atoms with E-state index >= 15 is 0 Å². The van der Waals surface area contributed by atoms with Crippen LogP contribution in [0.15, 0.2) is 54.7 Å². The lowest BCUT2D eigenvalue weighted by Gasteiger charge is -2.04. The Morgan fingerprint density at radius 1 is 1.03 bits per heavy atom. The quantitative estimate of drug-likeness (QED) is 0.405. The number of fused-ring (bicyclic) bond motifs is 2. The van der Waals surface area contributed by atoms with Crippen LogP contribution in [0.5, 0.6) is 0 Å². The first-order valence-electron chi connectivity index (χ1n) is 9.98. The minimum absolute atomic E-state index is 0.0354. The van der Waals surface area contributed by atoms with E-state index in [1.807, 2.05) is 12.3 Å². The molecule has 0 atom stereocenters. The summed E-state index contributed by atoms with van der Waals surface area (Å²) in [6.07, 6.45) is 4.59. The number of carbonyl (C=O) groups excluding carboxylic acids is 1. The zero-order chi connectivity index (χ0) is 20.1. The van der Waals surface area contributed by atoms with Gasteiger partial charge in [-0.25, -0.2) is 4.98 Å². The molecule has 0 aliphatic rings. The van der Waals surface area contributed by atoms with Crippen LogP contribution in [0.1, 0.15) is 18.7 Å². The van der Waals surface area contributed by atoms with Crippen molar-refractivity contribution >= 4 is 27.8 Å². The summed E-state index contributed by atoms with van der Waals surface area (Å²) in [6.45, 7) is 1.06. The van der Waals surface area contributed by atoms with Gasteiger partial charge in [-0.15, -0.1) is 0 Å². The van der Waals surface area contributed by atoms with Crippen molar-refractivity contribution in [2.45, 2.75) is 19.3 Å². The van der Waals surface area contributed by atoms with Crippen molar-refractivity contribution in [3.63, 3.8) is 0 Å². The van der Waals surface area contributed by atoms with E-state index in [-0.39, 0.29) is 5.91 Å². The van der Waals surface area contributed by atoms with E-state index in [4.69, 9.17) is 4.98 Å². The molecule has 0 radical (unpaired) electrons. The number of hydrogen-bond donors (Lipinski definition) is 3. The maximum Gasteiger partial charge on any atom is 0.233 e. The molecule has 2 aromatic carbocycles. The highest BCUT2D eigenvalue weighted by molar-refractivity contribution is 5.87. The second-order valence-corrected chi connectivity index (χ2v) is 7.16. The standard InChI is InChI=1S/C23H25N5O/c1-24-15-23(29)26-11-3-2-6-22-27-20-10-8-17(14-21(20)28-22)16-7-9-19-18(13-16)5-4-12-25-19/h4-5,7-10,12-14,24H,2-3,6,11,15H2,1H3,(H,26,29)(H,27,28). The summed E-state index contributed by atoms with van der Waals surface area (Å²) in [6, 6.07) is 16.7. The number of nitrogens with zero attached hydrogens (tertiary/aromatic N) is 2. The Balaban J connectivity index is 1.41. The van der Waals surface area contributed by atoms with Gasteiger partial charge in [0.15, 0.2) is 0 Å². The fourth-order valence-electron chi connectivity index (χ4n) is 3.48. The van der Waals surface area contributed by atoms with Gasteiger partial charge < -0.3 is 15.6 Å². The van der Waals surface area contributed by atoms with Crippen molar-refractivity contribution in [1.29, 1.82) is 0 Å². The van der Waals surface area contributed by atoms with Gasteiger partial charge in [0.25, 0.3) is 0 Å². The lowest BCUT2D eigenvalue weighted by Crippen LogP contribution is -2.32. The number of hydrogen-bond acceptors (Lipinski definition) is 4. The second-order valence-electron chi connectivity index (χ2n) is 7.16. The van der Waals surface area contributed by atoms with Crippen LogP contribution in [-0.4, -0.2) is 41.0 Å². The molecular formula is C23H25N5O. The number of pyridine rings is 1. The maximum absolute atomic E-state index is 11.4. The van der Waals surface area contributed by atoms with Crippen LogP contribution in [-0.2, 0) is 11.2 Å². The van der Waals surface area contributed by atoms with Crippen molar-refractivity contribution in [1.82, 2.24) is 25.6 Å². The molecule has 0 unspecified atom stereocenters. The van der Waals surface area contributed by atoms with Gasteiger partial charge in [-0.3, -0.25) is 9.78 Å². The molecule has 6 heteroatoms. The Kier molecular flexibility index (Phi) is 5.81. The lowest BCUT2D eigenvalue weighted by molar-refractivity contribution is -0.120. The van der Waals surface area contributed by atoms with Gasteiger partial charge in [0.1, 0.15) is 5.82 Å². The van der Waals surface area contributed by atoms with E-state index < -0.39 is 0 Å². The molecule has 0 saturated heterocycles. The monoisotopic (exact) mass is 387 g/mol. The summed E-state index contributed by atoms with van der Waals surface area (Å²) < 4.78 is 0. The fraction of sp³-hybridized carbons (Fsp3) is 0.261. The molecule has 3 N–H and O–H groups in total. The number of aromatic amines is 1. The van der Waals surface area contributed by atoms with Crippen LogP contribution in [0.4, 0.5) is 0 Å². The highest BCUT2D eigenvalue weighted by Crippen LogP contribution is 2.26. The molecule has 1 amide bonds. The third-order valence-electron chi connectivity index (χ3n) is 4.97. The molecule has 4 rings (SSSR count). The molecular weight excluding hydrogens is 362 g/mol. The first-order valence-corrected chi connectivity index (χ1v) is 9.98. The van der Waals surface area contributed by atoms with E-state index in [9.17, 15) is 4.79 Å². The zero-order valence-corrected chi connectivity index (χ0v) is 16.5. The van der Waals surface area contributed by atoms with Gasteiger partial charge in [-0.05, 0) is 61.3 Å². The number of H-pyrrole nitrogens is 1. The summed E-state index contributed by atoms with van der Waals surface area (Å²) in [4.78, 5) is 23.9.